The Morgan fingerprint density at radius 3 is 2.47 bits per heavy atom. The van der Waals surface area contributed by atoms with Gasteiger partial charge in [0.2, 0.25) is 0 Å². The second-order valence-corrected chi connectivity index (χ2v) is 7.28. The summed E-state index contributed by atoms with van der Waals surface area (Å²) in [6.45, 7) is 1.91. The number of benzene rings is 1. The fraction of sp³-hybridized carbons (Fsp3) is 0.136. The van der Waals surface area contributed by atoms with Crippen LogP contribution < -0.4 is 5.32 Å². The molecule has 0 radical (unpaired) electrons. The number of hydrogen-bond donors (Lipinski definition) is 1. The fourth-order valence-corrected chi connectivity index (χ4v) is 3.13. The first-order valence-corrected chi connectivity index (χ1v) is 9.72. The third-order valence-corrected chi connectivity index (χ3v) is 4.87. The molecule has 0 bridgehead atoms. The summed E-state index contributed by atoms with van der Waals surface area (Å²) in [7, 11) is 1.82. The van der Waals surface area contributed by atoms with E-state index in [2.05, 4.69) is 25.4 Å². The van der Waals surface area contributed by atoms with Gasteiger partial charge in [-0.25, -0.2) is 9.97 Å². The number of nitrogens with one attached hydrogen (secondary N) is 1. The summed E-state index contributed by atoms with van der Waals surface area (Å²) in [5.74, 6) is 0.138. The Hall–Kier alpha value is -3.58. The molecule has 3 aromatic heterocycles. The van der Waals surface area contributed by atoms with E-state index in [9.17, 15) is 4.79 Å². The average molecular weight is 419 g/mol. The maximum atomic E-state index is 13.0. The van der Waals surface area contributed by atoms with E-state index in [1.54, 1.807) is 41.5 Å². The van der Waals surface area contributed by atoms with Gasteiger partial charge >= 0.3 is 0 Å². The molecule has 0 spiro atoms. The third-order valence-electron chi connectivity index (χ3n) is 4.62. The zero-order valence-corrected chi connectivity index (χ0v) is 17.2. The summed E-state index contributed by atoms with van der Waals surface area (Å²) in [6, 6.07) is 12.5. The van der Waals surface area contributed by atoms with Gasteiger partial charge in [0.1, 0.15) is 5.69 Å². The maximum absolute atomic E-state index is 13.0. The number of aryl methyl sites for hydroxylation is 1. The van der Waals surface area contributed by atoms with Crippen molar-refractivity contribution in [2.75, 3.05) is 0 Å². The predicted octanol–water partition coefficient (Wildman–Crippen LogP) is 4.08. The first kappa shape index (κ1) is 19.7. The lowest BCUT2D eigenvalue weighted by Gasteiger charge is -2.14. The van der Waals surface area contributed by atoms with E-state index >= 15 is 0 Å². The van der Waals surface area contributed by atoms with Crippen molar-refractivity contribution in [3.63, 3.8) is 0 Å². The Morgan fingerprint density at radius 2 is 1.80 bits per heavy atom. The van der Waals surface area contributed by atoms with Crippen molar-refractivity contribution in [1.29, 1.82) is 0 Å². The van der Waals surface area contributed by atoms with Crippen LogP contribution in [0.4, 0.5) is 0 Å². The van der Waals surface area contributed by atoms with Crippen LogP contribution >= 0.6 is 11.6 Å². The van der Waals surface area contributed by atoms with Crippen molar-refractivity contribution >= 4 is 17.5 Å². The molecule has 30 heavy (non-hydrogen) atoms. The molecule has 150 valence electrons. The molecule has 1 N–H and O–H groups in total. The van der Waals surface area contributed by atoms with Crippen LogP contribution in [0, 0.1) is 0 Å². The van der Waals surface area contributed by atoms with Crippen LogP contribution in [-0.2, 0) is 7.05 Å². The third kappa shape index (κ3) is 4.36. The molecule has 3 heterocycles. The summed E-state index contributed by atoms with van der Waals surface area (Å²) >= 11 is 6.01. The van der Waals surface area contributed by atoms with Crippen LogP contribution in [-0.4, -0.2) is 30.6 Å². The van der Waals surface area contributed by atoms with Crippen molar-refractivity contribution < 1.29 is 4.79 Å². The normalized spacial score (nSPS) is 11.8. The molecule has 0 saturated heterocycles. The molecule has 0 fully saturated rings. The predicted molar refractivity (Wildman–Crippen MR) is 115 cm³/mol. The number of aromatic nitrogens is 5. The zero-order chi connectivity index (χ0) is 21.1. The SMILES string of the molecule is CC(NC(=O)c1cc(-c2ccc(Cl)cc2)nc(-c2cnn(C)c2)n1)c1ccncc1. The van der Waals surface area contributed by atoms with Crippen LogP contribution in [0.2, 0.25) is 5.02 Å². The van der Waals surface area contributed by atoms with Gasteiger partial charge < -0.3 is 5.32 Å². The van der Waals surface area contributed by atoms with Crippen LogP contribution in [0.1, 0.15) is 29.0 Å². The van der Waals surface area contributed by atoms with Gasteiger partial charge in [0.25, 0.3) is 5.91 Å². The van der Waals surface area contributed by atoms with Crippen LogP contribution in [0.3, 0.4) is 0 Å². The van der Waals surface area contributed by atoms with E-state index in [1.807, 2.05) is 44.4 Å². The molecule has 1 unspecified atom stereocenters. The lowest BCUT2D eigenvalue weighted by molar-refractivity contribution is 0.0935. The highest BCUT2D eigenvalue weighted by molar-refractivity contribution is 6.30. The molecule has 0 saturated carbocycles. The van der Waals surface area contributed by atoms with Crippen molar-refractivity contribution in [3.8, 4) is 22.6 Å². The van der Waals surface area contributed by atoms with Gasteiger partial charge in [-0.05, 0) is 42.8 Å². The van der Waals surface area contributed by atoms with Crippen LogP contribution in [0.15, 0.2) is 67.3 Å². The van der Waals surface area contributed by atoms with Gasteiger partial charge in [-0.2, -0.15) is 5.10 Å². The molecule has 1 amide bonds. The molecule has 0 aliphatic heterocycles. The number of rotatable bonds is 5. The number of nitrogens with zero attached hydrogens (tertiary/aromatic N) is 5. The summed E-state index contributed by atoms with van der Waals surface area (Å²) in [6.07, 6.45) is 6.87. The molecule has 4 rings (SSSR count). The number of pyridine rings is 1. The first-order valence-electron chi connectivity index (χ1n) is 9.34. The van der Waals surface area contributed by atoms with E-state index in [-0.39, 0.29) is 17.6 Å². The molecule has 1 atom stereocenters. The Labute approximate surface area is 178 Å². The topological polar surface area (TPSA) is 85.6 Å². The smallest absolute Gasteiger partial charge is 0.270 e. The molecule has 0 aliphatic rings. The summed E-state index contributed by atoms with van der Waals surface area (Å²) in [5, 5.41) is 7.80. The lowest BCUT2D eigenvalue weighted by Crippen LogP contribution is -2.27. The van der Waals surface area contributed by atoms with E-state index in [1.165, 1.54) is 0 Å². The average Bonchev–Trinajstić information content (AvgIpc) is 3.21. The minimum absolute atomic E-state index is 0.198. The van der Waals surface area contributed by atoms with Gasteiger partial charge in [-0.15, -0.1) is 0 Å². The minimum atomic E-state index is -0.290. The summed E-state index contributed by atoms with van der Waals surface area (Å²) in [5.41, 5.74) is 3.42. The Balaban J connectivity index is 1.71. The molecule has 8 heteroatoms. The van der Waals surface area contributed by atoms with Gasteiger partial charge in [-0.3, -0.25) is 14.5 Å². The molecule has 7 nitrogen and oxygen atoms in total. The number of carbonyl (C=O) groups excluding carboxylic acids is 1. The fourth-order valence-electron chi connectivity index (χ4n) is 3.00. The number of halogens is 1. The summed E-state index contributed by atoms with van der Waals surface area (Å²) < 4.78 is 1.67. The highest BCUT2D eigenvalue weighted by Gasteiger charge is 2.17. The van der Waals surface area contributed by atoms with Crippen LogP contribution in [0.5, 0.6) is 0 Å². The first-order chi connectivity index (χ1) is 14.5. The number of amides is 1. The second-order valence-electron chi connectivity index (χ2n) is 6.85. The molecular formula is C22H19ClN6O. The van der Waals surface area contributed by atoms with Crippen molar-refractivity contribution in [1.82, 2.24) is 30.0 Å². The second kappa shape index (κ2) is 8.42. The van der Waals surface area contributed by atoms with E-state index in [0.717, 1.165) is 16.7 Å². The Kier molecular flexibility index (Phi) is 5.54. The number of hydrogen-bond acceptors (Lipinski definition) is 5. The van der Waals surface area contributed by atoms with Gasteiger partial charge in [0, 0.05) is 36.2 Å². The van der Waals surface area contributed by atoms with Crippen molar-refractivity contribution in [2.24, 2.45) is 7.05 Å². The minimum Gasteiger partial charge on any atom is -0.344 e. The molecule has 1 aromatic carbocycles. The maximum Gasteiger partial charge on any atom is 0.270 e. The molecule has 0 aliphatic carbocycles. The Morgan fingerprint density at radius 1 is 1.07 bits per heavy atom. The van der Waals surface area contributed by atoms with E-state index in [4.69, 9.17) is 11.6 Å². The van der Waals surface area contributed by atoms with E-state index < -0.39 is 0 Å². The monoisotopic (exact) mass is 418 g/mol. The lowest BCUT2D eigenvalue weighted by atomic mass is 10.1. The quantitative estimate of drug-likeness (QED) is 0.527. The van der Waals surface area contributed by atoms with Crippen molar-refractivity contribution in [2.45, 2.75) is 13.0 Å². The van der Waals surface area contributed by atoms with Crippen LogP contribution in [0.25, 0.3) is 22.6 Å². The summed E-state index contributed by atoms with van der Waals surface area (Å²) in [4.78, 5) is 26.1. The molecule has 4 aromatic rings. The Bertz CT molecular complexity index is 1170. The number of carbonyl (C=O) groups is 1. The largest absolute Gasteiger partial charge is 0.344 e. The molecular weight excluding hydrogens is 400 g/mol. The van der Waals surface area contributed by atoms with E-state index in [0.29, 0.717) is 16.5 Å². The van der Waals surface area contributed by atoms with Gasteiger partial charge in [0.05, 0.1) is 23.5 Å². The zero-order valence-electron chi connectivity index (χ0n) is 16.5. The van der Waals surface area contributed by atoms with Gasteiger partial charge in [0.15, 0.2) is 5.82 Å². The highest BCUT2D eigenvalue weighted by Crippen LogP contribution is 2.24. The highest BCUT2D eigenvalue weighted by atomic mass is 35.5. The van der Waals surface area contributed by atoms with Gasteiger partial charge in [-0.1, -0.05) is 23.7 Å². The van der Waals surface area contributed by atoms with Crippen molar-refractivity contribution in [3.05, 3.63) is 83.5 Å². The standard InChI is InChI=1S/C22H19ClN6O/c1-14(15-7-9-24-10-8-15)26-22(30)20-11-19(16-3-5-18(23)6-4-16)27-21(28-20)17-12-25-29(2)13-17/h3-14H,1-2H3,(H,26,30).